The van der Waals surface area contributed by atoms with Gasteiger partial charge >= 0.3 is 0 Å². The Morgan fingerprint density at radius 3 is 1.66 bits per heavy atom. The summed E-state index contributed by atoms with van der Waals surface area (Å²) in [5.74, 6) is -0.101. The van der Waals surface area contributed by atoms with Crippen molar-refractivity contribution in [3.05, 3.63) is 106 Å². The molecule has 1 aliphatic rings. The van der Waals surface area contributed by atoms with Gasteiger partial charge in [0.05, 0.1) is 21.7 Å². The predicted octanol–water partition coefficient (Wildman–Crippen LogP) is 5.54. The Morgan fingerprint density at radius 1 is 0.690 bits per heavy atom. The molecule has 1 amide bonds. The van der Waals surface area contributed by atoms with Crippen LogP contribution in [0.3, 0.4) is 0 Å². The van der Waals surface area contributed by atoms with Gasteiger partial charge in [0.1, 0.15) is 0 Å². The lowest BCUT2D eigenvalue weighted by Crippen LogP contribution is -2.50. The quantitative estimate of drug-likeness (QED) is 0.548. The number of nitrogens with zero attached hydrogens (tertiary/aromatic N) is 2. The van der Waals surface area contributed by atoms with Gasteiger partial charge in [0, 0.05) is 26.2 Å². The summed E-state index contributed by atoms with van der Waals surface area (Å²) in [4.78, 5) is 17.3. The molecule has 0 atom stereocenters. The van der Waals surface area contributed by atoms with Gasteiger partial charge in [0.2, 0.25) is 0 Å². The van der Waals surface area contributed by atoms with Gasteiger partial charge in [-0.1, -0.05) is 89.9 Å². The van der Waals surface area contributed by atoms with Crippen LogP contribution in [-0.4, -0.2) is 41.9 Å². The minimum absolute atomic E-state index is 0.101. The Labute approximate surface area is 181 Å². The Morgan fingerprint density at radius 2 is 1.17 bits per heavy atom. The van der Waals surface area contributed by atoms with Gasteiger partial charge < -0.3 is 4.90 Å². The number of carbonyl (C=O) groups is 1. The fraction of sp³-hybridized carbons (Fsp3) is 0.208. The number of piperazine rings is 1. The summed E-state index contributed by atoms with van der Waals surface area (Å²) >= 11 is 12.5. The normalized spacial score (nSPS) is 14.9. The maximum absolute atomic E-state index is 13.0. The number of carbonyl (C=O) groups excluding carboxylic acids is 1. The van der Waals surface area contributed by atoms with E-state index in [1.54, 1.807) is 18.2 Å². The Kier molecular flexibility index (Phi) is 6.19. The average Bonchev–Trinajstić information content (AvgIpc) is 2.76. The third kappa shape index (κ3) is 4.32. The van der Waals surface area contributed by atoms with Gasteiger partial charge in [-0.25, -0.2) is 0 Å². The van der Waals surface area contributed by atoms with E-state index in [9.17, 15) is 4.79 Å². The Bertz CT molecular complexity index is 911. The van der Waals surface area contributed by atoms with Gasteiger partial charge in [0.15, 0.2) is 0 Å². The SMILES string of the molecule is O=C(c1c(Cl)cccc1Cl)N1CCN(C(c2ccccc2)c2ccccc2)CC1. The highest BCUT2D eigenvalue weighted by atomic mass is 35.5. The zero-order valence-electron chi connectivity index (χ0n) is 16.0. The topological polar surface area (TPSA) is 23.6 Å². The van der Waals surface area contributed by atoms with Crippen molar-refractivity contribution in [2.24, 2.45) is 0 Å². The van der Waals surface area contributed by atoms with E-state index in [2.05, 4.69) is 53.4 Å². The molecule has 0 saturated carbocycles. The molecule has 1 fully saturated rings. The first kappa shape index (κ1) is 20.0. The van der Waals surface area contributed by atoms with Crippen molar-refractivity contribution < 1.29 is 4.79 Å². The molecule has 0 bridgehead atoms. The van der Waals surface area contributed by atoms with E-state index in [1.165, 1.54) is 11.1 Å². The summed E-state index contributed by atoms with van der Waals surface area (Å²) in [6.45, 7) is 2.83. The molecule has 0 aliphatic carbocycles. The molecule has 3 nitrogen and oxygen atoms in total. The average molecular weight is 425 g/mol. The minimum atomic E-state index is -0.101. The van der Waals surface area contributed by atoms with Gasteiger partial charge in [-0.2, -0.15) is 0 Å². The molecule has 0 N–H and O–H groups in total. The molecule has 0 aromatic heterocycles. The van der Waals surface area contributed by atoms with E-state index in [0.717, 1.165) is 13.1 Å². The van der Waals surface area contributed by atoms with E-state index in [4.69, 9.17) is 23.2 Å². The van der Waals surface area contributed by atoms with Crippen LogP contribution in [0.15, 0.2) is 78.9 Å². The van der Waals surface area contributed by atoms with Crippen LogP contribution in [0.2, 0.25) is 10.0 Å². The first-order valence-corrected chi connectivity index (χ1v) is 10.5. The van der Waals surface area contributed by atoms with Crippen molar-refractivity contribution in [3.8, 4) is 0 Å². The Balaban J connectivity index is 1.53. The molecule has 4 rings (SSSR count). The fourth-order valence-electron chi connectivity index (χ4n) is 3.93. The van der Waals surface area contributed by atoms with Crippen LogP contribution < -0.4 is 0 Å². The molecule has 0 spiro atoms. The van der Waals surface area contributed by atoms with Crippen LogP contribution in [0.4, 0.5) is 0 Å². The van der Waals surface area contributed by atoms with Crippen LogP contribution >= 0.6 is 23.2 Å². The maximum atomic E-state index is 13.0. The lowest BCUT2D eigenvalue weighted by Gasteiger charge is -2.40. The molecule has 0 radical (unpaired) electrons. The van der Waals surface area contributed by atoms with E-state index in [0.29, 0.717) is 28.7 Å². The molecule has 3 aromatic rings. The zero-order chi connectivity index (χ0) is 20.2. The summed E-state index contributed by atoms with van der Waals surface area (Å²) in [5.41, 5.74) is 2.91. The van der Waals surface area contributed by atoms with Gasteiger partial charge in [-0.05, 0) is 23.3 Å². The van der Waals surface area contributed by atoms with Crippen molar-refractivity contribution in [1.82, 2.24) is 9.80 Å². The molecule has 1 aliphatic heterocycles. The zero-order valence-corrected chi connectivity index (χ0v) is 17.5. The summed E-state index contributed by atoms with van der Waals surface area (Å²) < 4.78 is 0. The van der Waals surface area contributed by atoms with E-state index < -0.39 is 0 Å². The molecule has 3 aromatic carbocycles. The molecule has 148 valence electrons. The first-order valence-electron chi connectivity index (χ1n) is 9.72. The number of rotatable bonds is 4. The van der Waals surface area contributed by atoms with Crippen LogP contribution in [0.25, 0.3) is 0 Å². The van der Waals surface area contributed by atoms with Gasteiger partial charge in [0.25, 0.3) is 5.91 Å². The van der Waals surface area contributed by atoms with Crippen LogP contribution in [0, 0.1) is 0 Å². The fourth-order valence-corrected chi connectivity index (χ4v) is 4.49. The van der Waals surface area contributed by atoms with E-state index in [1.807, 2.05) is 17.0 Å². The first-order chi connectivity index (χ1) is 14.1. The largest absolute Gasteiger partial charge is 0.336 e. The second-order valence-corrected chi connectivity index (χ2v) is 7.96. The van der Waals surface area contributed by atoms with E-state index in [-0.39, 0.29) is 11.9 Å². The van der Waals surface area contributed by atoms with Crippen LogP contribution in [0.1, 0.15) is 27.5 Å². The van der Waals surface area contributed by atoms with Crippen molar-refractivity contribution in [1.29, 1.82) is 0 Å². The third-order valence-corrected chi connectivity index (χ3v) is 6.00. The summed E-state index contributed by atoms with van der Waals surface area (Å²) in [6, 6.07) is 26.4. The monoisotopic (exact) mass is 424 g/mol. The molecule has 5 heteroatoms. The smallest absolute Gasteiger partial charge is 0.256 e. The summed E-state index contributed by atoms with van der Waals surface area (Å²) in [7, 11) is 0. The van der Waals surface area contributed by atoms with Crippen molar-refractivity contribution in [2.75, 3.05) is 26.2 Å². The number of halogens is 2. The Hall–Kier alpha value is -2.33. The van der Waals surface area contributed by atoms with Crippen LogP contribution in [0.5, 0.6) is 0 Å². The molecule has 29 heavy (non-hydrogen) atoms. The molecule has 1 saturated heterocycles. The second-order valence-electron chi connectivity index (χ2n) is 7.15. The lowest BCUT2D eigenvalue weighted by atomic mass is 9.96. The van der Waals surface area contributed by atoms with Crippen molar-refractivity contribution >= 4 is 29.1 Å². The molecular weight excluding hydrogens is 403 g/mol. The van der Waals surface area contributed by atoms with E-state index >= 15 is 0 Å². The highest BCUT2D eigenvalue weighted by Crippen LogP contribution is 2.31. The molecule has 1 heterocycles. The van der Waals surface area contributed by atoms with Crippen LogP contribution in [-0.2, 0) is 0 Å². The number of hydrogen-bond donors (Lipinski definition) is 0. The third-order valence-electron chi connectivity index (χ3n) is 5.37. The highest BCUT2D eigenvalue weighted by molar-refractivity contribution is 6.39. The maximum Gasteiger partial charge on any atom is 0.256 e. The number of hydrogen-bond acceptors (Lipinski definition) is 2. The number of benzene rings is 3. The lowest BCUT2D eigenvalue weighted by molar-refractivity contribution is 0.0597. The molecule has 0 unspecified atom stereocenters. The van der Waals surface area contributed by atoms with Crippen molar-refractivity contribution in [3.63, 3.8) is 0 Å². The summed E-state index contributed by atoms with van der Waals surface area (Å²) in [5, 5.41) is 0.799. The minimum Gasteiger partial charge on any atom is -0.336 e. The summed E-state index contributed by atoms with van der Waals surface area (Å²) in [6.07, 6.45) is 0. The number of amides is 1. The standard InChI is InChI=1S/C24H22Cl2N2O/c25-20-12-7-13-21(26)22(20)24(29)28-16-14-27(15-17-28)23(18-8-3-1-4-9-18)19-10-5-2-6-11-19/h1-13,23H,14-17H2. The highest BCUT2D eigenvalue weighted by Gasteiger charge is 2.29. The molecular formula is C24H22Cl2N2O. The van der Waals surface area contributed by atoms with Gasteiger partial charge in [-0.3, -0.25) is 9.69 Å². The van der Waals surface area contributed by atoms with Gasteiger partial charge in [-0.15, -0.1) is 0 Å². The second kappa shape index (κ2) is 9.00. The predicted molar refractivity (Wildman–Crippen MR) is 119 cm³/mol. The van der Waals surface area contributed by atoms with Crippen molar-refractivity contribution in [2.45, 2.75) is 6.04 Å².